The highest BCUT2D eigenvalue weighted by Crippen LogP contribution is 2.27. The van der Waals surface area contributed by atoms with Crippen molar-refractivity contribution in [2.75, 3.05) is 6.54 Å². The Bertz CT molecular complexity index is 976. The summed E-state index contributed by atoms with van der Waals surface area (Å²) in [6, 6.07) is 6.38. The van der Waals surface area contributed by atoms with Gasteiger partial charge in [0.25, 0.3) is 11.5 Å². The first kappa shape index (κ1) is 17.6. The molecule has 0 aliphatic carbocycles. The number of hydrogen-bond donors (Lipinski definition) is 1. The van der Waals surface area contributed by atoms with Gasteiger partial charge < -0.3 is 9.73 Å². The number of nitrogens with one attached hydrogen (secondary N) is 1. The zero-order chi connectivity index (χ0) is 18.0. The van der Waals surface area contributed by atoms with Gasteiger partial charge in [-0.05, 0) is 48.0 Å². The van der Waals surface area contributed by atoms with Crippen molar-refractivity contribution < 1.29 is 9.21 Å². The lowest BCUT2D eigenvalue weighted by molar-refractivity contribution is 0.0923. The molecule has 0 bridgehead atoms. The molecule has 7 nitrogen and oxygen atoms in total. The minimum atomic E-state index is -0.344. The van der Waals surface area contributed by atoms with Gasteiger partial charge in [-0.3, -0.25) is 9.59 Å². The number of carbonyl (C=O) groups is 1. The predicted octanol–water partition coefficient (Wildman–Crippen LogP) is 2.77. The normalized spacial score (nSPS) is 10.8. The van der Waals surface area contributed by atoms with Crippen LogP contribution in [0.3, 0.4) is 0 Å². The molecule has 1 amide bonds. The third-order valence-corrected chi connectivity index (χ3v) is 4.93. The van der Waals surface area contributed by atoms with Gasteiger partial charge in [-0.25, -0.2) is 9.67 Å². The van der Waals surface area contributed by atoms with Gasteiger partial charge >= 0.3 is 0 Å². The van der Waals surface area contributed by atoms with Crippen molar-refractivity contribution in [2.24, 2.45) is 0 Å². The number of amides is 1. The highest BCUT2D eigenvalue weighted by molar-refractivity contribution is 9.10. The van der Waals surface area contributed by atoms with Crippen LogP contribution >= 0.6 is 27.3 Å². The summed E-state index contributed by atoms with van der Waals surface area (Å²) in [5.74, 6) is -0.138. The number of thiazole rings is 1. The first-order valence-electron chi connectivity index (χ1n) is 7.50. The number of halogens is 1. The van der Waals surface area contributed by atoms with Crippen LogP contribution in [0, 0.1) is 13.8 Å². The molecule has 0 atom stereocenters. The van der Waals surface area contributed by atoms with Crippen molar-refractivity contribution >= 4 is 33.2 Å². The number of furan rings is 1. The molecule has 1 N–H and O–H groups in total. The van der Waals surface area contributed by atoms with Crippen molar-refractivity contribution in [1.29, 1.82) is 0 Å². The number of carbonyl (C=O) groups excluding carboxylic acids is 1. The Hall–Kier alpha value is -2.26. The zero-order valence-electron chi connectivity index (χ0n) is 13.6. The van der Waals surface area contributed by atoms with Crippen LogP contribution in [0.1, 0.15) is 21.3 Å². The van der Waals surface area contributed by atoms with Gasteiger partial charge in [-0.2, -0.15) is 5.10 Å². The van der Waals surface area contributed by atoms with Crippen LogP contribution in [0.15, 0.2) is 38.1 Å². The van der Waals surface area contributed by atoms with Crippen LogP contribution < -0.4 is 10.9 Å². The summed E-state index contributed by atoms with van der Waals surface area (Å²) in [6.45, 7) is 4.36. The smallest absolute Gasteiger partial charge is 0.287 e. The van der Waals surface area contributed by atoms with E-state index in [1.54, 1.807) is 18.2 Å². The molecule has 0 aliphatic heterocycles. The zero-order valence-corrected chi connectivity index (χ0v) is 16.0. The second-order valence-corrected chi connectivity index (χ2v) is 7.27. The summed E-state index contributed by atoms with van der Waals surface area (Å²) in [6.07, 6.45) is 0. The largest absolute Gasteiger partial charge is 0.444 e. The van der Waals surface area contributed by atoms with Gasteiger partial charge in [0.15, 0.2) is 10.4 Å². The summed E-state index contributed by atoms with van der Waals surface area (Å²) in [7, 11) is 0. The first-order valence-corrected chi connectivity index (χ1v) is 9.11. The SMILES string of the molecule is Cc1nc(C)c(-c2ccc(=O)n(CCNC(=O)c3ccc(Br)o3)n2)s1. The lowest BCUT2D eigenvalue weighted by atomic mass is 10.3. The summed E-state index contributed by atoms with van der Waals surface area (Å²) in [5.41, 5.74) is 1.36. The molecule has 9 heteroatoms. The summed E-state index contributed by atoms with van der Waals surface area (Å²) in [4.78, 5) is 29.2. The Morgan fingerprint density at radius 2 is 2.12 bits per heavy atom. The van der Waals surface area contributed by atoms with E-state index in [2.05, 4.69) is 31.3 Å². The number of hydrogen-bond acceptors (Lipinski definition) is 6. The van der Waals surface area contributed by atoms with Crippen LogP contribution in [0.25, 0.3) is 10.6 Å². The van der Waals surface area contributed by atoms with Crippen molar-refractivity contribution in [2.45, 2.75) is 20.4 Å². The molecule has 0 aromatic carbocycles. The van der Waals surface area contributed by atoms with E-state index in [9.17, 15) is 9.59 Å². The average molecular weight is 423 g/mol. The Morgan fingerprint density at radius 3 is 2.76 bits per heavy atom. The Balaban J connectivity index is 1.70. The minimum Gasteiger partial charge on any atom is -0.444 e. The molecule has 0 fully saturated rings. The van der Waals surface area contributed by atoms with E-state index in [1.807, 2.05) is 13.8 Å². The van der Waals surface area contributed by atoms with Crippen molar-refractivity contribution in [3.8, 4) is 10.6 Å². The van der Waals surface area contributed by atoms with Gasteiger partial charge in [0.1, 0.15) is 5.69 Å². The molecule has 130 valence electrons. The molecule has 3 heterocycles. The van der Waals surface area contributed by atoms with E-state index in [4.69, 9.17) is 4.42 Å². The third kappa shape index (κ3) is 4.05. The minimum absolute atomic E-state index is 0.205. The molecule has 0 saturated carbocycles. The van der Waals surface area contributed by atoms with E-state index in [0.29, 0.717) is 10.4 Å². The fourth-order valence-corrected chi connectivity index (χ4v) is 3.49. The summed E-state index contributed by atoms with van der Waals surface area (Å²) < 4.78 is 7.00. The van der Waals surface area contributed by atoms with E-state index < -0.39 is 0 Å². The summed E-state index contributed by atoms with van der Waals surface area (Å²) in [5, 5.41) is 8.03. The highest BCUT2D eigenvalue weighted by atomic mass is 79.9. The Kier molecular flexibility index (Phi) is 5.14. The lowest BCUT2D eigenvalue weighted by Gasteiger charge is -2.07. The molecule has 0 saturated heterocycles. The maximum Gasteiger partial charge on any atom is 0.287 e. The Labute approximate surface area is 155 Å². The van der Waals surface area contributed by atoms with Crippen LogP contribution in [0.5, 0.6) is 0 Å². The highest BCUT2D eigenvalue weighted by Gasteiger charge is 2.12. The van der Waals surface area contributed by atoms with Gasteiger partial charge in [-0.15, -0.1) is 11.3 Å². The molecule has 0 unspecified atom stereocenters. The monoisotopic (exact) mass is 422 g/mol. The number of aryl methyl sites for hydroxylation is 2. The molecule has 0 spiro atoms. The van der Waals surface area contributed by atoms with E-state index in [0.717, 1.165) is 15.6 Å². The quantitative estimate of drug-likeness (QED) is 0.682. The second-order valence-electron chi connectivity index (χ2n) is 5.29. The van der Waals surface area contributed by atoms with E-state index >= 15 is 0 Å². The van der Waals surface area contributed by atoms with Gasteiger partial charge in [0.2, 0.25) is 0 Å². The second kappa shape index (κ2) is 7.32. The standard InChI is InChI=1S/C16H15BrN4O3S/c1-9-15(25-10(2)19-9)11-3-6-14(22)21(20-11)8-7-18-16(23)12-4-5-13(17)24-12/h3-6H,7-8H2,1-2H3,(H,18,23). The molecule has 25 heavy (non-hydrogen) atoms. The molecule has 3 aromatic heterocycles. The fourth-order valence-electron chi connectivity index (χ4n) is 2.30. The number of rotatable bonds is 5. The molecule has 3 aromatic rings. The molecule has 3 rings (SSSR count). The number of nitrogens with zero attached hydrogens (tertiary/aromatic N) is 3. The van der Waals surface area contributed by atoms with Crippen molar-refractivity contribution in [1.82, 2.24) is 20.1 Å². The number of aromatic nitrogens is 3. The van der Waals surface area contributed by atoms with Gasteiger partial charge in [-0.1, -0.05) is 0 Å². The predicted molar refractivity (Wildman–Crippen MR) is 97.8 cm³/mol. The lowest BCUT2D eigenvalue weighted by Crippen LogP contribution is -2.31. The van der Waals surface area contributed by atoms with Crippen LogP contribution in [-0.2, 0) is 6.54 Å². The van der Waals surface area contributed by atoms with E-state index in [1.165, 1.54) is 22.1 Å². The van der Waals surface area contributed by atoms with E-state index in [-0.39, 0.29) is 30.3 Å². The fraction of sp³-hybridized carbons (Fsp3) is 0.250. The summed E-state index contributed by atoms with van der Waals surface area (Å²) >= 11 is 4.68. The van der Waals surface area contributed by atoms with Gasteiger partial charge in [0, 0.05) is 12.6 Å². The topological polar surface area (TPSA) is 90.0 Å². The third-order valence-electron chi connectivity index (χ3n) is 3.41. The Morgan fingerprint density at radius 1 is 1.32 bits per heavy atom. The van der Waals surface area contributed by atoms with Crippen molar-refractivity contribution in [3.05, 3.63) is 55.8 Å². The molecule has 0 radical (unpaired) electrons. The van der Waals surface area contributed by atoms with Crippen LogP contribution in [0.2, 0.25) is 0 Å². The van der Waals surface area contributed by atoms with Gasteiger partial charge in [0.05, 0.1) is 22.1 Å². The molecule has 0 aliphatic rings. The molecular weight excluding hydrogens is 408 g/mol. The van der Waals surface area contributed by atoms with Crippen LogP contribution in [-0.4, -0.2) is 27.2 Å². The maximum atomic E-state index is 12.0. The molecular formula is C16H15BrN4O3S. The van der Waals surface area contributed by atoms with Crippen LogP contribution in [0.4, 0.5) is 0 Å². The average Bonchev–Trinajstić information content (AvgIpc) is 3.14. The van der Waals surface area contributed by atoms with Crippen molar-refractivity contribution in [3.63, 3.8) is 0 Å². The maximum absolute atomic E-state index is 12.0. The first-order chi connectivity index (χ1) is 11.9.